The first-order valence-corrected chi connectivity index (χ1v) is 12.8. The van der Waals surface area contributed by atoms with E-state index >= 15 is 0 Å². The van der Waals surface area contributed by atoms with Gasteiger partial charge >= 0.3 is 0 Å². The maximum atomic E-state index is 13.8. The number of halogens is 4. The van der Waals surface area contributed by atoms with Gasteiger partial charge in [0.2, 0.25) is 0 Å². The summed E-state index contributed by atoms with van der Waals surface area (Å²) in [5.74, 6) is -3.19. The van der Waals surface area contributed by atoms with E-state index < -0.39 is 22.7 Å². The second-order valence-electron chi connectivity index (χ2n) is 10.7. The molecule has 0 spiro atoms. The SMILES string of the molecule is [B]C(Nc1cc(Cl)c2ncc(C#N)c(NC3(C)CC(F)(F)C3)c2c1)(c1ccc(F)cc1)c1cn(C2CC2)nn1. The van der Waals surface area contributed by atoms with Crippen molar-refractivity contribution in [2.24, 2.45) is 0 Å². The van der Waals surface area contributed by atoms with Crippen LogP contribution in [0.3, 0.4) is 0 Å². The van der Waals surface area contributed by atoms with Crippen molar-refractivity contribution in [3.63, 3.8) is 0 Å². The molecule has 6 rings (SSSR count). The predicted molar refractivity (Wildman–Crippen MR) is 143 cm³/mol. The Morgan fingerprint density at radius 1 is 1.21 bits per heavy atom. The summed E-state index contributed by atoms with van der Waals surface area (Å²) in [5, 5.41) is 25.5. The van der Waals surface area contributed by atoms with E-state index in [1.807, 2.05) is 0 Å². The number of nitrogens with one attached hydrogen (secondary N) is 2. The van der Waals surface area contributed by atoms with Crippen LogP contribution in [0.25, 0.3) is 10.9 Å². The van der Waals surface area contributed by atoms with E-state index in [9.17, 15) is 18.4 Å². The highest BCUT2D eigenvalue weighted by Gasteiger charge is 2.54. The van der Waals surface area contributed by atoms with Gasteiger partial charge in [0.15, 0.2) is 0 Å². The summed E-state index contributed by atoms with van der Waals surface area (Å²) in [6.07, 6.45) is 4.39. The summed E-state index contributed by atoms with van der Waals surface area (Å²) >= 11 is 6.63. The number of fused-ring (bicyclic) bond motifs is 1. The molecule has 2 aromatic heterocycles. The van der Waals surface area contributed by atoms with Crippen LogP contribution in [0.5, 0.6) is 0 Å². The predicted octanol–water partition coefficient (Wildman–Crippen LogP) is 5.91. The molecule has 2 aliphatic rings. The first-order chi connectivity index (χ1) is 18.5. The molecule has 0 amide bonds. The average molecular weight is 548 g/mol. The Bertz CT molecular complexity index is 1620. The van der Waals surface area contributed by atoms with Crippen molar-refractivity contribution < 1.29 is 13.2 Å². The number of benzene rings is 2. The molecule has 2 fully saturated rings. The molecule has 39 heavy (non-hydrogen) atoms. The highest BCUT2D eigenvalue weighted by molar-refractivity contribution is 6.36. The summed E-state index contributed by atoms with van der Waals surface area (Å²) in [6.45, 7) is 1.68. The molecular weight excluding hydrogens is 526 g/mol. The molecule has 1 atom stereocenters. The first kappa shape index (κ1) is 25.5. The fourth-order valence-corrected chi connectivity index (χ4v) is 5.50. The third-order valence-corrected chi connectivity index (χ3v) is 7.53. The molecule has 2 radical (unpaired) electrons. The average Bonchev–Trinajstić information content (AvgIpc) is 3.59. The van der Waals surface area contributed by atoms with Gasteiger partial charge in [-0.1, -0.05) is 28.9 Å². The Balaban J connectivity index is 1.45. The smallest absolute Gasteiger partial charge is 0.252 e. The number of anilines is 2. The van der Waals surface area contributed by atoms with Crippen LogP contribution in [0, 0.1) is 17.1 Å². The molecule has 7 nitrogen and oxygen atoms in total. The second kappa shape index (κ2) is 8.88. The van der Waals surface area contributed by atoms with Crippen LogP contribution in [0.2, 0.25) is 5.02 Å². The number of nitriles is 1. The molecule has 0 bridgehead atoms. The second-order valence-corrected chi connectivity index (χ2v) is 11.1. The van der Waals surface area contributed by atoms with Gasteiger partial charge in [-0.2, -0.15) is 5.26 Å². The van der Waals surface area contributed by atoms with E-state index in [1.165, 1.54) is 18.3 Å². The van der Waals surface area contributed by atoms with Crippen molar-refractivity contribution in [2.45, 2.75) is 55.5 Å². The van der Waals surface area contributed by atoms with E-state index in [2.05, 4.69) is 32.0 Å². The number of nitrogens with zero attached hydrogens (tertiary/aromatic N) is 5. The number of rotatable bonds is 7. The lowest BCUT2D eigenvalue weighted by atomic mass is 9.69. The van der Waals surface area contributed by atoms with Gasteiger partial charge in [-0.05, 0) is 49.6 Å². The van der Waals surface area contributed by atoms with Gasteiger partial charge < -0.3 is 10.6 Å². The highest BCUT2D eigenvalue weighted by Crippen LogP contribution is 2.48. The Labute approximate surface area is 228 Å². The standard InChI is InChI=1S/C27H22BClF3N7/c1-25(13-26(31,32)14-25)36-23-15(10-33)11-34-24-20(23)8-18(9-21(24)29)35-27(28,16-2-4-17(30)5-3-16)22-12-39(38-37-22)19-6-7-19/h2-5,8-9,11-12,19,35H,6-7,13-14H2,1H3,(H,34,36). The molecule has 196 valence electrons. The summed E-state index contributed by atoms with van der Waals surface area (Å²) in [5.41, 5.74) is -0.0304. The third-order valence-electron chi connectivity index (χ3n) is 7.25. The highest BCUT2D eigenvalue weighted by atomic mass is 35.5. The number of alkyl halides is 2. The number of pyridine rings is 1. The van der Waals surface area contributed by atoms with Crippen molar-refractivity contribution in [1.29, 1.82) is 5.26 Å². The molecule has 2 aromatic carbocycles. The molecule has 12 heteroatoms. The Kier molecular flexibility index (Phi) is 5.81. The Morgan fingerprint density at radius 2 is 1.92 bits per heavy atom. The van der Waals surface area contributed by atoms with Crippen molar-refractivity contribution in [3.8, 4) is 6.07 Å². The largest absolute Gasteiger partial charge is 0.378 e. The zero-order valence-corrected chi connectivity index (χ0v) is 21.6. The van der Waals surface area contributed by atoms with Gasteiger partial charge in [-0.15, -0.1) is 5.10 Å². The maximum absolute atomic E-state index is 13.8. The minimum absolute atomic E-state index is 0.192. The molecule has 4 aromatic rings. The minimum Gasteiger partial charge on any atom is -0.378 e. The van der Waals surface area contributed by atoms with Gasteiger partial charge in [0.25, 0.3) is 5.92 Å². The van der Waals surface area contributed by atoms with Crippen LogP contribution in [-0.2, 0) is 5.44 Å². The van der Waals surface area contributed by atoms with Crippen LogP contribution < -0.4 is 10.6 Å². The van der Waals surface area contributed by atoms with Crippen LogP contribution in [0.1, 0.15) is 55.5 Å². The van der Waals surface area contributed by atoms with E-state index in [0.717, 1.165) is 12.8 Å². The summed E-state index contributed by atoms with van der Waals surface area (Å²) in [4.78, 5) is 4.34. The molecule has 0 aliphatic heterocycles. The van der Waals surface area contributed by atoms with Crippen molar-refractivity contribution in [2.75, 3.05) is 10.6 Å². The fraction of sp³-hybridized carbons (Fsp3) is 0.333. The topological polar surface area (TPSA) is 91.5 Å². The quantitative estimate of drug-likeness (QED) is 0.280. The van der Waals surface area contributed by atoms with Crippen LogP contribution in [-0.4, -0.2) is 39.3 Å². The molecular formula is C27H22BClF3N7. The van der Waals surface area contributed by atoms with Crippen molar-refractivity contribution in [3.05, 3.63) is 76.5 Å². The van der Waals surface area contributed by atoms with Crippen molar-refractivity contribution in [1.82, 2.24) is 20.0 Å². The minimum atomic E-state index is -2.77. The number of aromatic nitrogens is 4. The molecule has 2 aliphatic carbocycles. The monoisotopic (exact) mass is 547 g/mol. The maximum Gasteiger partial charge on any atom is 0.252 e. The third kappa shape index (κ3) is 4.67. The lowest BCUT2D eigenvalue weighted by molar-refractivity contribution is -0.109. The van der Waals surface area contributed by atoms with Gasteiger partial charge in [-0.25, -0.2) is 17.9 Å². The van der Waals surface area contributed by atoms with Crippen LogP contribution in [0.15, 0.2) is 48.8 Å². The van der Waals surface area contributed by atoms with Crippen LogP contribution >= 0.6 is 11.6 Å². The summed E-state index contributed by atoms with van der Waals surface area (Å²) in [7, 11) is 6.95. The molecule has 2 N–H and O–H groups in total. The van der Waals surface area contributed by atoms with Crippen LogP contribution in [0.4, 0.5) is 24.5 Å². The number of hydrogen-bond donors (Lipinski definition) is 2. The van der Waals surface area contributed by atoms with E-state index in [-0.39, 0.29) is 29.5 Å². The zero-order chi connectivity index (χ0) is 27.6. The van der Waals surface area contributed by atoms with E-state index in [1.54, 1.807) is 42.1 Å². The lowest BCUT2D eigenvalue weighted by Crippen LogP contribution is -2.54. The molecule has 2 saturated carbocycles. The van der Waals surface area contributed by atoms with E-state index in [4.69, 9.17) is 19.4 Å². The molecule has 2 heterocycles. The number of hydrogen-bond acceptors (Lipinski definition) is 6. The van der Waals surface area contributed by atoms with Gasteiger partial charge in [0.05, 0.1) is 39.5 Å². The van der Waals surface area contributed by atoms with Gasteiger partial charge in [0, 0.05) is 35.7 Å². The van der Waals surface area contributed by atoms with Gasteiger partial charge in [-0.3, -0.25) is 4.98 Å². The normalized spacial score (nSPS) is 19.1. The summed E-state index contributed by atoms with van der Waals surface area (Å²) in [6, 6.07) is 11.4. The molecule has 0 saturated heterocycles. The first-order valence-electron chi connectivity index (χ1n) is 12.4. The van der Waals surface area contributed by atoms with E-state index in [0.29, 0.717) is 33.5 Å². The van der Waals surface area contributed by atoms with Gasteiger partial charge in [0.1, 0.15) is 25.4 Å². The van der Waals surface area contributed by atoms with Crippen molar-refractivity contribution >= 4 is 41.7 Å². The lowest BCUT2D eigenvalue weighted by Gasteiger charge is -2.46. The Hall–Kier alpha value is -3.78. The Morgan fingerprint density at radius 3 is 2.56 bits per heavy atom. The molecule has 1 unspecified atom stereocenters. The zero-order valence-electron chi connectivity index (χ0n) is 20.8. The summed E-state index contributed by atoms with van der Waals surface area (Å²) < 4.78 is 43.0. The fourth-order valence-electron chi connectivity index (χ4n) is 5.23.